The molecule has 2 aromatic heterocycles. The van der Waals surface area contributed by atoms with Crippen LogP contribution in [-0.2, 0) is 17.8 Å². The Morgan fingerprint density at radius 1 is 1.09 bits per heavy atom. The van der Waals surface area contributed by atoms with Crippen molar-refractivity contribution in [3.63, 3.8) is 0 Å². The second-order valence-electron chi connectivity index (χ2n) is 13.2. The molecule has 3 atom stereocenters. The van der Waals surface area contributed by atoms with Crippen molar-refractivity contribution >= 4 is 23.4 Å². The third-order valence-electron chi connectivity index (χ3n) is 10.4. The minimum Gasteiger partial charge on any atom is -0.361 e. The van der Waals surface area contributed by atoms with Crippen molar-refractivity contribution < 1.29 is 14.1 Å². The van der Waals surface area contributed by atoms with Crippen LogP contribution in [0.1, 0.15) is 79.6 Å². The largest absolute Gasteiger partial charge is 0.361 e. The van der Waals surface area contributed by atoms with E-state index in [1.54, 1.807) is 19.3 Å². The number of likely N-dealkylation sites (tertiary alicyclic amines) is 2. The summed E-state index contributed by atoms with van der Waals surface area (Å²) in [5.74, 6) is 0.629. The van der Waals surface area contributed by atoms with Gasteiger partial charge in [0.25, 0.3) is 5.91 Å². The predicted octanol–water partition coefficient (Wildman–Crippen LogP) is 4.91. The number of carbonyl (C=O) groups excluding carboxylic acids is 2. The summed E-state index contributed by atoms with van der Waals surface area (Å²) >= 11 is 6.21. The van der Waals surface area contributed by atoms with Gasteiger partial charge in [-0.2, -0.15) is 5.10 Å². The molecule has 4 heterocycles. The average molecular weight is 622 g/mol. The van der Waals surface area contributed by atoms with Gasteiger partial charge in [-0.3, -0.25) is 14.3 Å². The molecule has 2 unspecified atom stereocenters. The molecular formula is C33H44ClN7O3. The maximum absolute atomic E-state index is 14.6. The summed E-state index contributed by atoms with van der Waals surface area (Å²) in [4.78, 5) is 36.5. The number of nitrogens with zero attached hydrogens (tertiary/aromatic N) is 6. The Kier molecular flexibility index (Phi) is 9.37. The normalized spacial score (nSPS) is 23.4. The molecule has 2 saturated heterocycles. The van der Waals surface area contributed by atoms with Crippen LogP contribution in [0.4, 0.5) is 0 Å². The minimum absolute atomic E-state index is 0.0891. The first kappa shape index (κ1) is 30.8. The van der Waals surface area contributed by atoms with Crippen molar-refractivity contribution in [2.45, 2.75) is 89.8 Å². The number of aryl methyl sites for hydroxylation is 1. The second kappa shape index (κ2) is 13.4. The van der Waals surface area contributed by atoms with E-state index >= 15 is 0 Å². The van der Waals surface area contributed by atoms with Crippen LogP contribution in [0, 0.1) is 24.2 Å². The van der Waals surface area contributed by atoms with Gasteiger partial charge in [-0.15, -0.1) is 0 Å². The Balaban J connectivity index is 1.26. The molecule has 1 aliphatic carbocycles. The van der Waals surface area contributed by atoms with Gasteiger partial charge in [0.1, 0.15) is 18.4 Å². The Morgan fingerprint density at radius 2 is 1.84 bits per heavy atom. The van der Waals surface area contributed by atoms with Crippen molar-refractivity contribution in [2.75, 3.05) is 19.6 Å². The highest BCUT2D eigenvalue weighted by molar-refractivity contribution is 6.30. The van der Waals surface area contributed by atoms with E-state index in [9.17, 15) is 9.59 Å². The van der Waals surface area contributed by atoms with E-state index in [1.165, 1.54) is 32.1 Å². The van der Waals surface area contributed by atoms with Gasteiger partial charge in [0.2, 0.25) is 5.91 Å². The second-order valence-corrected chi connectivity index (χ2v) is 13.7. The molecule has 3 fully saturated rings. The fourth-order valence-corrected chi connectivity index (χ4v) is 8.12. The van der Waals surface area contributed by atoms with Gasteiger partial charge in [0.15, 0.2) is 5.69 Å². The zero-order valence-electron chi connectivity index (χ0n) is 25.6. The molecule has 0 spiro atoms. The molecule has 6 rings (SSSR count). The standard InChI is InChI=1S/C33H44ClN7O3/c1-23-17-29(38-44-23)32(43)41-14-11-27(35)19-30(41)28(18-24-7-9-26(34)10-8-24)31(42)39-15-12-33(13-16-39,20-40-22-36-21-37-40)25-5-3-2-4-6-25/h7-10,17,21-22,25,27-28,30H,2-6,11-16,18-20,35H2,1H3/t27?,28-,30?/m1/s1. The van der Waals surface area contributed by atoms with E-state index < -0.39 is 5.92 Å². The summed E-state index contributed by atoms with van der Waals surface area (Å²) in [7, 11) is 0. The molecular weight excluding hydrogens is 578 g/mol. The highest BCUT2D eigenvalue weighted by Crippen LogP contribution is 2.47. The number of aromatic nitrogens is 4. The number of nitrogens with two attached hydrogens (primary N) is 1. The summed E-state index contributed by atoms with van der Waals surface area (Å²) in [6, 6.07) is 8.88. The Bertz CT molecular complexity index is 1390. The average Bonchev–Trinajstić information content (AvgIpc) is 3.72. The number of hydrogen-bond acceptors (Lipinski definition) is 7. The number of piperidine rings is 2. The van der Waals surface area contributed by atoms with Crippen LogP contribution in [0.2, 0.25) is 5.02 Å². The zero-order valence-corrected chi connectivity index (χ0v) is 26.4. The van der Waals surface area contributed by atoms with Crippen molar-refractivity contribution in [2.24, 2.45) is 23.0 Å². The summed E-state index contributed by atoms with van der Waals surface area (Å²) in [6.07, 6.45) is 13.3. The maximum atomic E-state index is 14.6. The fourth-order valence-electron chi connectivity index (χ4n) is 7.99. The van der Waals surface area contributed by atoms with E-state index in [0.717, 1.165) is 24.9 Å². The van der Waals surface area contributed by atoms with Gasteiger partial charge < -0.3 is 20.1 Å². The van der Waals surface area contributed by atoms with E-state index in [-0.39, 0.29) is 35.0 Å². The van der Waals surface area contributed by atoms with Gasteiger partial charge in [-0.25, -0.2) is 4.98 Å². The first-order valence-electron chi connectivity index (χ1n) is 16.2. The molecule has 0 radical (unpaired) electrons. The molecule has 3 aromatic rings. The topological polar surface area (TPSA) is 123 Å². The lowest BCUT2D eigenvalue weighted by Crippen LogP contribution is -2.58. The van der Waals surface area contributed by atoms with E-state index in [1.807, 2.05) is 45.1 Å². The SMILES string of the molecule is Cc1cc(C(=O)N2CCC(N)CC2[C@@H](Cc2ccc(Cl)cc2)C(=O)N2CCC(Cn3cncn3)(C3CCCCC3)CC2)no1. The molecule has 2 amide bonds. The minimum atomic E-state index is -0.447. The number of amides is 2. The van der Waals surface area contributed by atoms with Gasteiger partial charge in [0.05, 0.1) is 5.92 Å². The molecule has 2 N–H and O–H groups in total. The number of hydrogen-bond donors (Lipinski definition) is 1. The van der Waals surface area contributed by atoms with Gasteiger partial charge in [-0.1, -0.05) is 48.2 Å². The Morgan fingerprint density at radius 3 is 2.50 bits per heavy atom. The fraction of sp³-hybridized carbons (Fsp3) is 0.606. The van der Waals surface area contributed by atoms with Gasteiger partial charge >= 0.3 is 0 Å². The van der Waals surface area contributed by atoms with Crippen LogP contribution in [0.3, 0.4) is 0 Å². The molecule has 0 bridgehead atoms. The van der Waals surface area contributed by atoms with Crippen molar-refractivity contribution in [3.8, 4) is 0 Å². The quantitative estimate of drug-likeness (QED) is 0.379. The predicted molar refractivity (Wildman–Crippen MR) is 167 cm³/mol. The first-order valence-corrected chi connectivity index (χ1v) is 16.5. The zero-order chi connectivity index (χ0) is 30.7. The lowest BCUT2D eigenvalue weighted by Gasteiger charge is -2.49. The number of halogens is 1. The molecule has 3 aliphatic rings. The first-order chi connectivity index (χ1) is 21.3. The van der Waals surface area contributed by atoms with Crippen LogP contribution in [-0.4, -0.2) is 73.3 Å². The molecule has 1 saturated carbocycles. The number of carbonyl (C=O) groups is 2. The van der Waals surface area contributed by atoms with E-state index in [2.05, 4.69) is 15.2 Å². The highest BCUT2D eigenvalue weighted by atomic mass is 35.5. The van der Waals surface area contributed by atoms with Crippen LogP contribution >= 0.6 is 11.6 Å². The third-order valence-corrected chi connectivity index (χ3v) is 10.7. The summed E-state index contributed by atoms with van der Waals surface area (Å²) in [5, 5.41) is 9.11. The van der Waals surface area contributed by atoms with Crippen LogP contribution < -0.4 is 5.73 Å². The summed E-state index contributed by atoms with van der Waals surface area (Å²) in [6.45, 7) is 4.47. The van der Waals surface area contributed by atoms with Crippen LogP contribution in [0.5, 0.6) is 0 Å². The van der Waals surface area contributed by atoms with Crippen LogP contribution in [0.15, 0.2) is 47.5 Å². The highest BCUT2D eigenvalue weighted by Gasteiger charge is 2.46. The molecule has 2 aliphatic heterocycles. The van der Waals surface area contributed by atoms with Crippen molar-refractivity contribution in [1.29, 1.82) is 0 Å². The Labute approximate surface area is 264 Å². The van der Waals surface area contributed by atoms with Crippen molar-refractivity contribution in [1.82, 2.24) is 29.7 Å². The lowest BCUT2D eigenvalue weighted by atomic mass is 9.63. The smallest absolute Gasteiger partial charge is 0.276 e. The van der Waals surface area contributed by atoms with Crippen molar-refractivity contribution in [3.05, 3.63) is 65.0 Å². The van der Waals surface area contributed by atoms with E-state index in [4.69, 9.17) is 21.9 Å². The van der Waals surface area contributed by atoms with E-state index in [0.29, 0.717) is 55.6 Å². The molecule has 11 heteroatoms. The van der Waals surface area contributed by atoms with Gasteiger partial charge in [-0.05, 0) is 80.9 Å². The lowest BCUT2D eigenvalue weighted by molar-refractivity contribution is -0.141. The number of rotatable bonds is 8. The molecule has 44 heavy (non-hydrogen) atoms. The molecule has 1 aromatic carbocycles. The monoisotopic (exact) mass is 621 g/mol. The summed E-state index contributed by atoms with van der Waals surface area (Å²) < 4.78 is 7.21. The molecule has 10 nitrogen and oxygen atoms in total. The van der Waals surface area contributed by atoms with Gasteiger partial charge in [0, 0.05) is 49.4 Å². The Hall–Kier alpha value is -3.24. The maximum Gasteiger partial charge on any atom is 0.276 e. The summed E-state index contributed by atoms with van der Waals surface area (Å²) in [5.41, 5.74) is 7.89. The van der Waals surface area contributed by atoms with Crippen LogP contribution in [0.25, 0.3) is 0 Å². The third kappa shape index (κ3) is 6.71. The molecule has 236 valence electrons. The number of benzene rings is 1.